The van der Waals surface area contributed by atoms with E-state index >= 15 is 0 Å². The zero-order valence-electron chi connectivity index (χ0n) is 16.8. The van der Waals surface area contributed by atoms with E-state index in [-0.39, 0.29) is 33.3 Å². The van der Waals surface area contributed by atoms with Gasteiger partial charge < -0.3 is 10.2 Å². The molecule has 3 saturated heterocycles. The van der Waals surface area contributed by atoms with Crippen LogP contribution < -0.4 is 5.32 Å². The highest BCUT2D eigenvalue weighted by Crippen LogP contribution is 2.43. The molecule has 0 aromatic heterocycles. The third-order valence-electron chi connectivity index (χ3n) is 6.05. The molecule has 7 nitrogen and oxygen atoms in total. The third kappa shape index (κ3) is 4.29. The molecule has 4 rings (SSSR count). The number of hydrogen-bond donors (Lipinski definition) is 1. The summed E-state index contributed by atoms with van der Waals surface area (Å²) in [5, 5.41) is 3.05. The maximum absolute atomic E-state index is 13.2. The smallest absolute Gasteiger partial charge is 0.253 e. The molecule has 162 valence electrons. The highest BCUT2D eigenvalue weighted by molar-refractivity contribution is 8.00. The molecule has 0 bridgehead atoms. The maximum Gasteiger partial charge on any atom is 0.253 e. The van der Waals surface area contributed by atoms with Gasteiger partial charge in [-0.3, -0.25) is 9.59 Å². The molecule has 30 heavy (non-hydrogen) atoms. The normalized spacial score (nSPS) is 26.9. The second-order valence-corrected chi connectivity index (χ2v) is 11.5. The highest BCUT2D eigenvalue weighted by Gasteiger charge is 2.45. The van der Waals surface area contributed by atoms with Gasteiger partial charge >= 0.3 is 0 Å². The van der Waals surface area contributed by atoms with Crippen LogP contribution in [-0.2, 0) is 14.8 Å². The molecule has 1 aromatic rings. The Morgan fingerprint density at radius 1 is 1.17 bits per heavy atom. The molecule has 3 aliphatic heterocycles. The van der Waals surface area contributed by atoms with Crippen LogP contribution in [0.15, 0.2) is 41.8 Å². The van der Waals surface area contributed by atoms with E-state index in [4.69, 9.17) is 0 Å². The van der Waals surface area contributed by atoms with Crippen LogP contribution in [0.25, 0.3) is 0 Å². The molecule has 0 aliphatic carbocycles. The van der Waals surface area contributed by atoms with Crippen molar-refractivity contribution in [2.24, 2.45) is 5.92 Å². The number of fused-ring (bicyclic) bond motifs is 1. The van der Waals surface area contributed by atoms with Gasteiger partial charge in [0.25, 0.3) is 5.91 Å². The minimum Gasteiger partial charge on any atom is -0.341 e. The van der Waals surface area contributed by atoms with E-state index in [0.29, 0.717) is 18.7 Å². The molecule has 0 spiro atoms. The van der Waals surface area contributed by atoms with Crippen molar-refractivity contribution in [3.05, 3.63) is 42.5 Å². The first-order chi connectivity index (χ1) is 14.4. The molecule has 3 atom stereocenters. The van der Waals surface area contributed by atoms with Gasteiger partial charge in [-0.2, -0.15) is 4.31 Å². The molecule has 0 saturated carbocycles. The minimum absolute atomic E-state index is 0.000784. The molecular weight excluding hydrogens is 422 g/mol. The van der Waals surface area contributed by atoms with Gasteiger partial charge in [-0.1, -0.05) is 12.6 Å². The number of benzene rings is 1. The quantitative estimate of drug-likeness (QED) is 0.696. The van der Waals surface area contributed by atoms with Crippen molar-refractivity contribution >= 4 is 33.6 Å². The fourth-order valence-corrected chi connectivity index (χ4v) is 7.76. The number of carbonyl (C=O) groups excluding carboxylic acids is 2. The number of nitrogens with one attached hydrogen (secondary N) is 1. The lowest BCUT2D eigenvalue weighted by molar-refractivity contribution is -0.116. The van der Waals surface area contributed by atoms with Crippen LogP contribution in [0, 0.1) is 5.92 Å². The number of rotatable bonds is 5. The molecule has 3 aliphatic rings. The number of hydrogen-bond acceptors (Lipinski definition) is 5. The molecule has 3 heterocycles. The topological polar surface area (TPSA) is 86.8 Å². The van der Waals surface area contributed by atoms with E-state index in [1.165, 1.54) is 16.4 Å². The van der Waals surface area contributed by atoms with Crippen molar-refractivity contribution in [1.82, 2.24) is 14.5 Å². The van der Waals surface area contributed by atoms with Crippen molar-refractivity contribution < 1.29 is 18.0 Å². The molecular formula is C21H27N3O4S2. The third-order valence-corrected chi connectivity index (χ3v) is 9.40. The number of likely N-dealkylation sites (tertiary alicyclic amines) is 1. The van der Waals surface area contributed by atoms with Gasteiger partial charge in [-0.05, 0) is 55.9 Å². The van der Waals surface area contributed by atoms with E-state index in [2.05, 4.69) is 11.9 Å². The molecule has 1 N–H and O–H groups in total. The minimum atomic E-state index is -3.67. The van der Waals surface area contributed by atoms with Crippen LogP contribution in [-0.4, -0.2) is 66.2 Å². The molecule has 3 fully saturated rings. The second-order valence-electron chi connectivity index (χ2n) is 8.07. The lowest BCUT2D eigenvalue weighted by atomic mass is 10.1. The maximum atomic E-state index is 13.2. The van der Waals surface area contributed by atoms with Gasteiger partial charge in [0.1, 0.15) is 0 Å². The van der Waals surface area contributed by atoms with Crippen LogP contribution in [0.3, 0.4) is 0 Å². The van der Waals surface area contributed by atoms with E-state index in [1.54, 1.807) is 30.0 Å². The Bertz CT molecular complexity index is 929. The summed E-state index contributed by atoms with van der Waals surface area (Å²) >= 11 is 1.62. The van der Waals surface area contributed by atoms with Crippen LogP contribution in [0.2, 0.25) is 0 Å². The zero-order valence-corrected chi connectivity index (χ0v) is 18.5. The first-order valence-electron chi connectivity index (χ1n) is 10.4. The van der Waals surface area contributed by atoms with Crippen molar-refractivity contribution in [2.45, 2.75) is 41.2 Å². The largest absolute Gasteiger partial charge is 0.341 e. The molecule has 9 heteroatoms. The first kappa shape index (κ1) is 21.4. The van der Waals surface area contributed by atoms with Gasteiger partial charge in [0.2, 0.25) is 15.9 Å². The van der Waals surface area contributed by atoms with Crippen LogP contribution in [0.4, 0.5) is 0 Å². The standard InChI is InChI=1S/C21H27N3O4S2/c1-2-19(25)22-20-12-16-13-24(14-18(16)29-20)30(27,28)17-8-6-7-15(11-17)21(26)23-9-4-3-5-10-23/h2,6-8,11,16,18,20H,1,3-5,9-10,12-14H2,(H,22,25). The lowest BCUT2D eigenvalue weighted by Gasteiger charge is -2.27. The molecule has 3 unspecified atom stereocenters. The zero-order chi connectivity index (χ0) is 21.3. The van der Waals surface area contributed by atoms with Gasteiger partial charge in [0.05, 0.1) is 10.3 Å². The summed E-state index contributed by atoms with van der Waals surface area (Å²) in [7, 11) is -3.67. The van der Waals surface area contributed by atoms with Gasteiger partial charge in [0, 0.05) is 37.0 Å². The Labute approximate surface area is 181 Å². The monoisotopic (exact) mass is 449 g/mol. The number of thioether (sulfide) groups is 1. The number of amides is 2. The van der Waals surface area contributed by atoms with Crippen LogP contribution >= 0.6 is 11.8 Å². The van der Waals surface area contributed by atoms with E-state index < -0.39 is 10.0 Å². The molecule has 0 radical (unpaired) electrons. The molecule has 1 aromatic carbocycles. The second kappa shape index (κ2) is 8.72. The fourth-order valence-electron chi connectivity index (χ4n) is 4.45. The van der Waals surface area contributed by atoms with E-state index in [9.17, 15) is 18.0 Å². The van der Waals surface area contributed by atoms with Crippen molar-refractivity contribution in [3.8, 4) is 0 Å². The van der Waals surface area contributed by atoms with Gasteiger partial charge in [-0.25, -0.2) is 8.42 Å². The number of carbonyl (C=O) groups is 2. The summed E-state index contributed by atoms with van der Waals surface area (Å²) in [5.41, 5.74) is 0.430. The Hall–Kier alpha value is -1.84. The van der Waals surface area contributed by atoms with Gasteiger partial charge in [0.15, 0.2) is 0 Å². The average Bonchev–Trinajstić information content (AvgIpc) is 3.33. The number of sulfonamides is 1. The Morgan fingerprint density at radius 2 is 1.93 bits per heavy atom. The summed E-state index contributed by atoms with van der Waals surface area (Å²) < 4.78 is 28.0. The van der Waals surface area contributed by atoms with Crippen molar-refractivity contribution in [3.63, 3.8) is 0 Å². The summed E-state index contributed by atoms with van der Waals surface area (Å²) in [6, 6.07) is 6.42. The van der Waals surface area contributed by atoms with E-state index in [1.807, 2.05) is 4.90 Å². The lowest BCUT2D eigenvalue weighted by Crippen LogP contribution is -2.36. The first-order valence-corrected chi connectivity index (χ1v) is 12.7. The Kier molecular flexibility index (Phi) is 6.22. The number of nitrogens with zero attached hydrogens (tertiary/aromatic N) is 2. The van der Waals surface area contributed by atoms with Gasteiger partial charge in [-0.15, -0.1) is 11.8 Å². The summed E-state index contributed by atoms with van der Waals surface area (Å²) in [5.74, 6) is -0.0911. The SMILES string of the molecule is C=CC(=O)NC1CC2CN(S(=O)(=O)c3cccc(C(=O)N4CCCCC4)c3)CC2S1. The van der Waals surface area contributed by atoms with Crippen LogP contribution in [0.1, 0.15) is 36.0 Å². The Balaban J connectivity index is 1.44. The Morgan fingerprint density at radius 3 is 2.63 bits per heavy atom. The summed E-state index contributed by atoms with van der Waals surface area (Å²) in [6.45, 7) is 5.78. The molecule has 2 amide bonds. The van der Waals surface area contributed by atoms with Crippen molar-refractivity contribution in [1.29, 1.82) is 0 Å². The average molecular weight is 450 g/mol. The van der Waals surface area contributed by atoms with E-state index in [0.717, 1.165) is 38.8 Å². The fraction of sp³-hybridized carbons (Fsp3) is 0.524. The predicted molar refractivity (Wildman–Crippen MR) is 117 cm³/mol. The van der Waals surface area contributed by atoms with Crippen molar-refractivity contribution in [2.75, 3.05) is 26.2 Å². The predicted octanol–water partition coefficient (Wildman–Crippen LogP) is 2.07. The van der Waals surface area contributed by atoms with Crippen LogP contribution in [0.5, 0.6) is 0 Å². The highest BCUT2D eigenvalue weighted by atomic mass is 32.2. The number of piperidine rings is 1. The summed E-state index contributed by atoms with van der Waals surface area (Å²) in [6.07, 6.45) is 5.11. The summed E-state index contributed by atoms with van der Waals surface area (Å²) in [4.78, 5) is 26.3.